The lowest BCUT2D eigenvalue weighted by Crippen LogP contribution is -2.16. The first-order valence-electron chi connectivity index (χ1n) is 5.35. The smallest absolute Gasteiger partial charge is 0.194 e. The predicted molar refractivity (Wildman–Crippen MR) is 62.0 cm³/mol. The van der Waals surface area contributed by atoms with Crippen LogP contribution in [-0.4, -0.2) is 20.2 Å². The van der Waals surface area contributed by atoms with Crippen molar-refractivity contribution in [1.29, 1.82) is 5.26 Å². The van der Waals surface area contributed by atoms with Gasteiger partial charge in [0.25, 0.3) is 0 Å². The summed E-state index contributed by atoms with van der Waals surface area (Å²) in [6.07, 6.45) is 0. The van der Waals surface area contributed by atoms with Crippen LogP contribution in [0.1, 0.15) is 25.2 Å². The van der Waals surface area contributed by atoms with Crippen LogP contribution in [0.3, 0.4) is 0 Å². The lowest BCUT2D eigenvalue weighted by atomic mass is 9.95. The fourth-order valence-corrected chi connectivity index (χ4v) is 1.36. The molecular formula is C12H13N5. The van der Waals surface area contributed by atoms with Crippen LogP contribution in [0.5, 0.6) is 0 Å². The molecule has 0 saturated carbocycles. The number of aromatic nitrogens is 4. The van der Waals surface area contributed by atoms with Gasteiger partial charge < -0.3 is 0 Å². The Morgan fingerprint density at radius 2 is 2.00 bits per heavy atom. The number of benzene rings is 1. The zero-order valence-corrected chi connectivity index (χ0v) is 9.83. The van der Waals surface area contributed by atoms with Crippen molar-refractivity contribution in [2.24, 2.45) is 0 Å². The minimum absolute atomic E-state index is 0.455. The maximum atomic E-state index is 8.98. The monoisotopic (exact) mass is 227 g/mol. The van der Waals surface area contributed by atoms with Gasteiger partial charge in [0.2, 0.25) is 0 Å². The van der Waals surface area contributed by atoms with E-state index >= 15 is 0 Å². The van der Waals surface area contributed by atoms with Crippen LogP contribution in [-0.2, 0) is 12.0 Å². The van der Waals surface area contributed by atoms with Gasteiger partial charge in [-0.2, -0.15) is 10.1 Å². The molecule has 0 radical (unpaired) electrons. The summed E-state index contributed by atoms with van der Waals surface area (Å²) < 4.78 is 0. The van der Waals surface area contributed by atoms with Crippen molar-refractivity contribution < 1.29 is 0 Å². The van der Waals surface area contributed by atoms with E-state index in [1.54, 1.807) is 13.8 Å². The summed E-state index contributed by atoms with van der Waals surface area (Å²) >= 11 is 0. The number of rotatable bonds is 3. The number of hydrogen-bond acceptors (Lipinski definition) is 4. The van der Waals surface area contributed by atoms with Gasteiger partial charge in [-0.25, -0.2) is 0 Å². The molecule has 0 aliphatic heterocycles. The van der Waals surface area contributed by atoms with Gasteiger partial charge >= 0.3 is 0 Å². The van der Waals surface area contributed by atoms with Crippen LogP contribution in [0.25, 0.3) is 0 Å². The van der Waals surface area contributed by atoms with E-state index in [0.717, 1.165) is 5.56 Å². The van der Waals surface area contributed by atoms with E-state index < -0.39 is 5.41 Å². The fraction of sp³-hybridized carbons (Fsp3) is 0.333. The molecule has 0 aliphatic carbocycles. The molecule has 0 fully saturated rings. The third-order valence-corrected chi connectivity index (χ3v) is 2.46. The van der Waals surface area contributed by atoms with Crippen molar-refractivity contribution in [3.8, 4) is 6.07 Å². The molecule has 1 heterocycles. The first-order valence-corrected chi connectivity index (χ1v) is 5.35. The summed E-state index contributed by atoms with van der Waals surface area (Å²) in [5.74, 6) is 0.455. The zero-order chi connectivity index (χ0) is 12.3. The zero-order valence-electron chi connectivity index (χ0n) is 9.83. The predicted octanol–water partition coefficient (Wildman–Crippen LogP) is 1.52. The summed E-state index contributed by atoms with van der Waals surface area (Å²) in [4.78, 5) is 1.50. The Morgan fingerprint density at radius 1 is 1.29 bits per heavy atom. The number of tetrazole rings is 1. The minimum atomic E-state index is -0.699. The Kier molecular flexibility index (Phi) is 2.88. The summed E-state index contributed by atoms with van der Waals surface area (Å²) in [5.41, 5.74) is 0.404. The third-order valence-electron chi connectivity index (χ3n) is 2.46. The van der Waals surface area contributed by atoms with Crippen LogP contribution in [0.2, 0.25) is 0 Å². The molecule has 0 aliphatic rings. The molecule has 0 saturated heterocycles. The van der Waals surface area contributed by atoms with E-state index in [-0.39, 0.29) is 0 Å². The highest BCUT2D eigenvalue weighted by Crippen LogP contribution is 2.16. The first-order chi connectivity index (χ1) is 8.12. The Morgan fingerprint density at radius 3 is 2.65 bits per heavy atom. The van der Waals surface area contributed by atoms with Crippen LogP contribution >= 0.6 is 0 Å². The SMILES string of the molecule is CC(C)(C#N)c1nnn(Cc2ccccc2)n1. The van der Waals surface area contributed by atoms with Crippen molar-refractivity contribution in [3.05, 3.63) is 41.7 Å². The first kappa shape index (κ1) is 11.3. The van der Waals surface area contributed by atoms with E-state index in [2.05, 4.69) is 21.5 Å². The lowest BCUT2D eigenvalue weighted by Gasteiger charge is -2.07. The lowest BCUT2D eigenvalue weighted by molar-refractivity contribution is 0.560. The maximum Gasteiger partial charge on any atom is 0.194 e. The van der Waals surface area contributed by atoms with E-state index in [1.165, 1.54) is 4.80 Å². The van der Waals surface area contributed by atoms with Crippen LogP contribution < -0.4 is 0 Å². The van der Waals surface area contributed by atoms with Crippen molar-refractivity contribution in [3.63, 3.8) is 0 Å². The highest BCUT2D eigenvalue weighted by atomic mass is 15.6. The molecule has 0 amide bonds. The average Bonchev–Trinajstić information content (AvgIpc) is 2.80. The van der Waals surface area contributed by atoms with Crippen molar-refractivity contribution in [2.45, 2.75) is 25.8 Å². The molecule has 1 aromatic heterocycles. The van der Waals surface area contributed by atoms with Crippen LogP contribution in [0, 0.1) is 11.3 Å². The quantitative estimate of drug-likeness (QED) is 0.797. The highest BCUT2D eigenvalue weighted by Gasteiger charge is 2.25. The standard InChI is InChI=1S/C12H13N5/c1-12(2,9-13)11-14-16-17(15-11)8-10-6-4-3-5-7-10/h3-7H,8H2,1-2H3. The van der Waals surface area contributed by atoms with Gasteiger partial charge in [-0.1, -0.05) is 30.3 Å². The number of nitriles is 1. The Labute approximate surface area is 99.7 Å². The Balaban J connectivity index is 2.18. The van der Waals surface area contributed by atoms with Gasteiger partial charge in [0.1, 0.15) is 5.41 Å². The van der Waals surface area contributed by atoms with E-state index in [9.17, 15) is 0 Å². The second-order valence-corrected chi connectivity index (χ2v) is 4.37. The van der Waals surface area contributed by atoms with Gasteiger partial charge in [0.15, 0.2) is 5.82 Å². The topological polar surface area (TPSA) is 67.4 Å². The van der Waals surface area contributed by atoms with Crippen LogP contribution in [0.15, 0.2) is 30.3 Å². The fourth-order valence-electron chi connectivity index (χ4n) is 1.36. The molecule has 0 atom stereocenters. The highest BCUT2D eigenvalue weighted by molar-refractivity contribution is 5.15. The molecular weight excluding hydrogens is 214 g/mol. The normalized spacial score (nSPS) is 11.1. The minimum Gasteiger partial charge on any atom is -0.197 e. The van der Waals surface area contributed by atoms with Crippen molar-refractivity contribution >= 4 is 0 Å². The van der Waals surface area contributed by atoms with E-state index in [4.69, 9.17) is 5.26 Å². The Hall–Kier alpha value is -2.22. The molecule has 0 bridgehead atoms. The second-order valence-electron chi connectivity index (χ2n) is 4.37. The van der Waals surface area contributed by atoms with E-state index in [1.807, 2.05) is 30.3 Å². The molecule has 5 heteroatoms. The van der Waals surface area contributed by atoms with Crippen LogP contribution in [0.4, 0.5) is 0 Å². The molecule has 2 aromatic rings. The number of hydrogen-bond donors (Lipinski definition) is 0. The molecule has 0 unspecified atom stereocenters. The molecule has 17 heavy (non-hydrogen) atoms. The molecule has 0 spiro atoms. The summed E-state index contributed by atoms with van der Waals surface area (Å²) in [6, 6.07) is 12.0. The van der Waals surface area contributed by atoms with Gasteiger partial charge in [-0.05, 0) is 24.6 Å². The molecule has 1 aromatic carbocycles. The van der Waals surface area contributed by atoms with Gasteiger partial charge in [-0.3, -0.25) is 0 Å². The molecule has 0 N–H and O–H groups in total. The summed E-state index contributed by atoms with van der Waals surface area (Å²) in [6.45, 7) is 4.11. The molecule has 5 nitrogen and oxygen atoms in total. The van der Waals surface area contributed by atoms with E-state index in [0.29, 0.717) is 12.4 Å². The van der Waals surface area contributed by atoms with Gasteiger partial charge in [0.05, 0.1) is 12.6 Å². The summed E-state index contributed by atoms with van der Waals surface area (Å²) in [5, 5.41) is 21.1. The van der Waals surface area contributed by atoms with Crippen molar-refractivity contribution in [2.75, 3.05) is 0 Å². The van der Waals surface area contributed by atoms with Gasteiger partial charge in [-0.15, -0.1) is 10.2 Å². The largest absolute Gasteiger partial charge is 0.197 e. The van der Waals surface area contributed by atoms with Gasteiger partial charge in [0, 0.05) is 0 Å². The number of nitrogens with zero attached hydrogens (tertiary/aromatic N) is 5. The summed E-state index contributed by atoms with van der Waals surface area (Å²) in [7, 11) is 0. The second kappa shape index (κ2) is 4.34. The molecule has 86 valence electrons. The maximum absolute atomic E-state index is 8.98. The Bertz CT molecular complexity index is 536. The third kappa shape index (κ3) is 2.48. The average molecular weight is 227 g/mol. The molecule has 2 rings (SSSR count). The van der Waals surface area contributed by atoms with Crippen molar-refractivity contribution in [1.82, 2.24) is 20.2 Å².